The largest absolute Gasteiger partial charge is 0.355 e. The van der Waals surface area contributed by atoms with Crippen molar-refractivity contribution in [2.45, 2.75) is 26.2 Å². The van der Waals surface area contributed by atoms with E-state index in [9.17, 15) is 4.79 Å². The number of nitriles is 1. The highest BCUT2D eigenvalue weighted by Crippen LogP contribution is 2.06. The standard InChI is InChI=1S/C11H19N3O/c1-10(9-12)11(15)13-5-4-8-14-6-2-3-7-14/h10H,2-8H2,1H3,(H,13,15). The van der Waals surface area contributed by atoms with E-state index in [1.54, 1.807) is 6.92 Å². The second kappa shape index (κ2) is 6.41. The molecule has 0 bridgehead atoms. The van der Waals surface area contributed by atoms with E-state index in [0.717, 1.165) is 13.0 Å². The average molecular weight is 209 g/mol. The van der Waals surface area contributed by atoms with Gasteiger partial charge in [0.2, 0.25) is 5.91 Å². The van der Waals surface area contributed by atoms with Crippen molar-refractivity contribution in [3.63, 3.8) is 0 Å². The first-order chi connectivity index (χ1) is 7.24. The van der Waals surface area contributed by atoms with Gasteiger partial charge in [-0.1, -0.05) is 0 Å². The Morgan fingerprint density at radius 2 is 2.20 bits per heavy atom. The summed E-state index contributed by atoms with van der Waals surface area (Å²) in [5, 5.41) is 11.3. The normalized spacial score (nSPS) is 18.4. The topological polar surface area (TPSA) is 56.1 Å². The molecule has 0 saturated carbocycles. The Morgan fingerprint density at radius 3 is 2.80 bits per heavy atom. The van der Waals surface area contributed by atoms with Gasteiger partial charge < -0.3 is 10.2 Å². The number of hydrogen-bond donors (Lipinski definition) is 1. The Kier molecular flexibility index (Phi) is 5.13. The molecule has 0 aromatic rings. The zero-order chi connectivity index (χ0) is 11.1. The Labute approximate surface area is 91.2 Å². The molecule has 0 aliphatic carbocycles. The zero-order valence-corrected chi connectivity index (χ0v) is 9.33. The van der Waals surface area contributed by atoms with Crippen molar-refractivity contribution in [1.29, 1.82) is 5.26 Å². The molecule has 1 atom stereocenters. The molecule has 1 rings (SSSR count). The Hall–Kier alpha value is -1.08. The number of likely N-dealkylation sites (tertiary alicyclic amines) is 1. The highest BCUT2D eigenvalue weighted by Gasteiger charge is 2.12. The molecule has 15 heavy (non-hydrogen) atoms. The zero-order valence-electron chi connectivity index (χ0n) is 9.33. The van der Waals surface area contributed by atoms with Gasteiger partial charge in [0.05, 0.1) is 6.07 Å². The van der Waals surface area contributed by atoms with Crippen LogP contribution in [0.1, 0.15) is 26.2 Å². The maximum absolute atomic E-state index is 11.2. The third-order valence-electron chi connectivity index (χ3n) is 2.74. The van der Waals surface area contributed by atoms with Crippen LogP contribution in [-0.4, -0.2) is 37.0 Å². The van der Waals surface area contributed by atoms with Gasteiger partial charge in [-0.15, -0.1) is 0 Å². The van der Waals surface area contributed by atoms with Crippen LogP contribution in [0.5, 0.6) is 0 Å². The molecule has 0 radical (unpaired) electrons. The number of carbonyl (C=O) groups is 1. The SMILES string of the molecule is CC(C#N)C(=O)NCCCN1CCCC1. The van der Waals surface area contributed by atoms with Gasteiger partial charge in [0.15, 0.2) is 0 Å². The van der Waals surface area contributed by atoms with Crippen LogP contribution in [0.2, 0.25) is 0 Å². The molecule has 1 aliphatic heterocycles. The van der Waals surface area contributed by atoms with Crippen LogP contribution < -0.4 is 5.32 Å². The minimum absolute atomic E-state index is 0.154. The lowest BCUT2D eigenvalue weighted by Crippen LogP contribution is -2.31. The molecule has 1 amide bonds. The summed E-state index contributed by atoms with van der Waals surface area (Å²) in [6.45, 7) is 5.75. The lowest BCUT2D eigenvalue weighted by Gasteiger charge is -2.14. The minimum Gasteiger partial charge on any atom is -0.355 e. The van der Waals surface area contributed by atoms with Crippen molar-refractivity contribution in [2.75, 3.05) is 26.2 Å². The lowest BCUT2D eigenvalue weighted by atomic mass is 10.2. The van der Waals surface area contributed by atoms with Gasteiger partial charge >= 0.3 is 0 Å². The first kappa shape index (κ1) is 12.0. The molecule has 1 unspecified atom stereocenters. The summed E-state index contributed by atoms with van der Waals surface area (Å²) in [6, 6.07) is 1.92. The van der Waals surface area contributed by atoms with Crippen molar-refractivity contribution < 1.29 is 4.79 Å². The molecule has 0 aromatic carbocycles. The van der Waals surface area contributed by atoms with Gasteiger partial charge in [0, 0.05) is 6.54 Å². The van der Waals surface area contributed by atoms with Gasteiger partial charge in [-0.05, 0) is 45.8 Å². The van der Waals surface area contributed by atoms with Crippen LogP contribution in [0, 0.1) is 17.2 Å². The fraction of sp³-hybridized carbons (Fsp3) is 0.818. The van der Waals surface area contributed by atoms with Crippen LogP contribution in [-0.2, 0) is 4.79 Å². The summed E-state index contributed by atoms with van der Waals surface area (Å²) < 4.78 is 0. The van der Waals surface area contributed by atoms with Crippen LogP contribution >= 0.6 is 0 Å². The third-order valence-corrected chi connectivity index (χ3v) is 2.74. The van der Waals surface area contributed by atoms with E-state index >= 15 is 0 Å². The van der Waals surface area contributed by atoms with Crippen LogP contribution in [0.4, 0.5) is 0 Å². The molecule has 1 saturated heterocycles. The molecule has 4 heteroatoms. The second-order valence-corrected chi connectivity index (χ2v) is 4.04. The smallest absolute Gasteiger partial charge is 0.237 e. The number of nitrogens with zero attached hydrogens (tertiary/aromatic N) is 2. The van der Waals surface area contributed by atoms with E-state index in [0.29, 0.717) is 6.54 Å². The number of amides is 1. The average Bonchev–Trinajstić information content (AvgIpc) is 2.75. The van der Waals surface area contributed by atoms with Crippen molar-refractivity contribution in [2.24, 2.45) is 5.92 Å². The maximum atomic E-state index is 11.2. The number of nitrogens with one attached hydrogen (secondary N) is 1. The highest BCUT2D eigenvalue weighted by atomic mass is 16.1. The molecule has 1 fully saturated rings. The highest BCUT2D eigenvalue weighted by molar-refractivity contribution is 5.80. The van der Waals surface area contributed by atoms with E-state index in [4.69, 9.17) is 5.26 Å². The molecule has 4 nitrogen and oxygen atoms in total. The molecule has 1 aliphatic rings. The van der Waals surface area contributed by atoms with E-state index in [1.807, 2.05) is 6.07 Å². The minimum atomic E-state index is -0.531. The predicted molar refractivity (Wildman–Crippen MR) is 58.1 cm³/mol. The lowest BCUT2D eigenvalue weighted by molar-refractivity contribution is -0.122. The summed E-state index contributed by atoms with van der Waals surface area (Å²) in [5.41, 5.74) is 0. The molecule has 1 heterocycles. The summed E-state index contributed by atoms with van der Waals surface area (Å²) in [4.78, 5) is 13.6. The van der Waals surface area contributed by atoms with E-state index in [1.165, 1.54) is 25.9 Å². The fourth-order valence-electron chi connectivity index (χ4n) is 1.73. The van der Waals surface area contributed by atoms with Crippen molar-refractivity contribution in [1.82, 2.24) is 10.2 Å². The quantitative estimate of drug-likeness (QED) is 0.680. The van der Waals surface area contributed by atoms with Crippen molar-refractivity contribution in [3.8, 4) is 6.07 Å². The monoisotopic (exact) mass is 209 g/mol. The second-order valence-electron chi connectivity index (χ2n) is 4.04. The fourth-order valence-corrected chi connectivity index (χ4v) is 1.73. The van der Waals surface area contributed by atoms with Crippen LogP contribution in [0.15, 0.2) is 0 Å². The summed E-state index contributed by atoms with van der Waals surface area (Å²) >= 11 is 0. The Balaban J connectivity index is 2.01. The van der Waals surface area contributed by atoms with Crippen molar-refractivity contribution >= 4 is 5.91 Å². The van der Waals surface area contributed by atoms with Gasteiger partial charge in [-0.2, -0.15) is 5.26 Å². The van der Waals surface area contributed by atoms with Gasteiger partial charge in [-0.3, -0.25) is 4.79 Å². The van der Waals surface area contributed by atoms with E-state index in [2.05, 4.69) is 10.2 Å². The van der Waals surface area contributed by atoms with Crippen molar-refractivity contribution in [3.05, 3.63) is 0 Å². The van der Waals surface area contributed by atoms with Gasteiger partial charge in [-0.25, -0.2) is 0 Å². The molecular formula is C11H19N3O. The molecule has 84 valence electrons. The first-order valence-electron chi connectivity index (χ1n) is 5.63. The first-order valence-corrected chi connectivity index (χ1v) is 5.63. The number of rotatable bonds is 5. The van der Waals surface area contributed by atoms with E-state index < -0.39 is 5.92 Å². The molecule has 0 aromatic heterocycles. The summed E-state index contributed by atoms with van der Waals surface area (Å²) in [6.07, 6.45) is 3.58. The van der Waals surface area contributed by atoms with Crippen LogP contribution in [0.3, 0.4) is 0 Å². The Morgan fingerprint density at radius 1 is 1.53 bits per heavy atom. The van der Waals surface area contributed by atoms with Gasteiger partial charge in [0.1, 0.15) is 5.92 Å². The number of carbonyl (C=O) groups excluding carboxylic acids is 1. The summed E-state index contributed by atoms with van der Waals surface area (Å²) in [7, 11) is 0. The number of hydrogen-bond acceptors (Lipinski definition) is 3. The Bertz CT molecular complexity index is 241. The third kappa shape index (κ3) is 4.30. The van der Waals surface area contributed by atoms with Crippen LogP contribution in [0.25, 0.3) is 0 Å². The van der Waals surface area contributed by atoms with E-state index in [-0.39, 0.29) is 5.91 Å². The maximum Gasteiger partial charge on any atom is 0.237 e. The molecular weight excluding hydrogens is 190 g/mol. The molecule has 1 N–H and O–H groups in total. The van der Waals surface area contributed by atoms with Gasteiger partial charge in [0.25, 0.3) is 0 Å². The molecule has 0 spiro atoms. The summed E-state index contributed by atoms with van der Waals surface area (Å²) in [5.74, 6) is -0.685. The predicted octanol–water partition coefficient (Wildman–Crippen LogP) is 0.748.